The van der Waals surface area contributed by atoms with Gasteiger partial charge < -0.3 is 10.6 Å². The molecule has 2 N–H and O–H groups in total. The zero-order chi connectivity index (χ0) is 20.1. The van der Waals surface area contributed by atoms with E-state index in [0.717, 1.165) is 18.2 Å². The molecule has 1 atom stereocenters. The predicted molar refractivity (Wildman–Crippen MR) is 104 cm³/mol. The average Bonchev–Trinajstić information content (AvgIpc) is 2.68. The second kappa shape index (κ2) is 8.35. The lowest BCUT2D eigenvalue weighted by Gasteiger charge is -2.21. The highest BCUT2D eigenvalue weighted by molar-refractivity contribution is 6.33. The summed E-state index contributed by atoms with van der Waals surface area (Å²) in [6.07, 6.45) is -4.54. The maximum absolute atomic E-state index is 13.0. The number of alkyl halides is 3. The second-order valence-electron chi connectivity index (χ2n) is 6.04. The number of carbonyl (C=O) groups is 1. The lowest BCUT2D eigenvalue weighted by atomic mass is 10.1. The first-order valence-electron chi connectivity index (χ1n) is 8.39. The lowest BCUT2D eigenvalue weighted by Crippen LogP contribution is -2.27. The van der Waals surface area contributed by atoms with Gasteiger partial charge in [0.15, 0.2) is 0 Å². The minimum absolute atomic E-state index is 0.0212. The fraction of sp³-hybridized carbons (Fsp3) is 0.0952. The predicted octanol–water partition coefficient (Wildman–Crippen LogP) is 6.15. The number of hydrogen-bond donors (Lipinski definition) is 2. The molecule has 0 aliphatic carbocycles. The number of nitrogens with one attached hydrogen (secondary N) is 2. The first-order chi connectivity index (χ1) is 13.3. The molecule has 3 rings (SSSR count). The molecule has 1 amide bonds. The van der Waals surface area contributed by atoms with Gasteiger partial charge in [0, 0.05) is 5.69 Å². The van der Waals surface area contributed by atoms with Crippen LogP contribution in [0.1, 0.15) is 17.2 Å². The Morgan fingerprint density at radius 1 is 0.893 bits per heavy atom. The number of anilines is 2. The molecule has 0 bridgehead atoms. The summed E-state index contributed by atoms with van der Waals surface area (Å²) in [4.78, 5) is 12.9. The Labute approximate surface area is 165 Å². The highest BCUT2D eigenvalue weighted by Crippen LogP contribution is 2.34. The van der Waals surface area contributed by atoms with Crippen LogP contribution in [-0.2, 0) is 11.0 Å². The molecule has 0 spiro atoms. The van der Waals surface area contributed by atoms with E-state index in [9.17, 15) is 18.0 Å². The Bertz CT molecular complexity index is 947. The van der Waals surface area contributed by atoms with E-state index in [2.05, 4.69) is 10.6 Å². The highest BCUT2D eigenvalue weighted by Gasteiger charge is 2.31. The number of halogens is 4. The molecular formula is C21H16ClF3N2O. The van der Waals surface area contributed by atoms with Crippen LogP contribution in [0.5, 0.6) is 0 Å². The van der Waals surface area contributed by atoms with Crippen LogP contribution in [0.2, 0.25) is 5.02 Å². The van der Waals surface area contributed by atoms with Crippen molar-refractivity contribution < 1.29 is 18.0 Å². The van der Waals surface area contributed by atoms with Crippen molar-refractivity contribution in [3.05, 3.63) is 95.0 Å². The van der Waals surface area contributed by atoms with Crippen molar-refractivity contribution in [3.8, 4) is 0 Å². The number of amides is 1. The number of carbonyl (C=O) groups excluding carboxylic acids is 1. The van der Waals surface area contributed by atoms with Crippen molar-refractivity contribution in [3.63, 3.8) is 0 Å². The topological polar surface area (TPSA) is 41.1 Å². The third-order valence-corrected chi connectivity index (χ3v) is 4.36. The molecule has 0 aliphatic rings. The van der Waals surface area contributed by atoms with E-state index in [-0.39, 0.29) is 10.7 Å². The van der Waals surface area contributed by atoms with Crippen molar-refractivity contribution in [2.45, 2.75) is 12.2 Å². The van der Waals surface area contributed by atoms with Crippen LogP contribution in [0.25, 0.3) is 0 Å². The summed E-state index contributed by atoms with van der Waals surface area (Å²) in [5.74, 6) is -0.531. The smallest absolute Gasteiger partial charge is 0.370 e. The van der Waals surface area contributed by atoms with Crippen molar-refractivity contribution in [1.29, 1.82) is 0 Å². The van der Waals surface area contributed by atoms with Gasteiger partial charge in [0.1, 0.15) is 6.04 Å². The van der Waals surface area contributed by atoms with Crippen LogP contribution in [0.3, 0.4) is 0 Å². The highest BCUT2D eigenvalue weighted by atomic mass is 35.5. The van der Waals surface area contributed by atoms with E-state index in [1.165, 1.54) is 0 Å². The molecule has 0 radical (unpaired) electrons. The third kappa shape index (κ3) is 4.84. The van der Waals surface area contributed by atoms with Crippen LogP contribution >= 0.6 is 11.6 Å². The Hall–Kier alpha value is -2.99. The number of rotatable bonds is 5. The maximum Gasteiger partial charge on any atom is 0.416 e. The standard InChI is InChI=1S/C21H16ClF3N2O/c22-17-12-11-15(21(23,24)25)13-18(17)27-20(28)19(14-7-3-1-4-8-14)26-16-9-5-2-6-10-16/h1-13,19,26H,(H,27,28)/t19-/m1/s1. The third-order valence-electron chi connectivity index (χ3n) is 4.03. The van der Waals surface area contributed by atoms with Crippen LogP contribution in [0, 0.1) is 0 Å². The second-order valence-corrected chi connectivity index (χ2v) is 6.44. The summed E-state index contributed by atoms with van der Waals surface area (Å²) in [6, 6.07) is 19.9. The van der Waals surface area contributed by atoms with Crippen molar-refractivity contribution in [2.75, 3.05) is 10.6 Å². The van der Waals surface area contributed by atoms with Gasteiger partial charge in [0.25, 0.3) is 5.91 Å². The van der Waals surface area contributed by atoms with Gasteiger partial charge in [-0.15, -0.1) is 0 Å². The zero-order valence-electron chi connectivity index (χ0n) is 14.5. The summed E-state index contributed by atoms with van der Waals surface area (Å²) >= 11 is 6.00. The molecule has 28 heavy (non-hydrogen) atoms. The molecule has 0 saturated carbocycles. The first kappa shape index (κ1) is 19.8. The van der Waals surface area contributed by atoms with E-state index in [1.54, 1.807) is 36.4 Å². The quantitative estimate of drug-likeness (QED) is 0.535. The Morgan fingerprint density at radius 3 is 2.11 bits per heavy atom. The van der Waals surface area contributed by atoms with Crippen molar-refractivity contribution in [2.24, 2.45) is 0 Å². The lowest BCUT2D eigenvalue weighted by molar-refractivity contribution is -0.137. The monoisotopic (exact) mass is 404 g/mol. The molecule has 3 aromatic rings. The summed E-state index contributed by atoms with van der Waals surface area (Å²) in [5, 5.41) is 5.63. The number of hydrogen-bond acceptors (Lipinski definition) is 2. The van der Waals surface area contributed by atoms with Crippen LogP contribution < -0.4 is 10.6 Å². The first-order valence-corrected chi connectivity index (χ1v) is 8.76. The number of benzene rings is 3. The van der Waals surface area contributed by atoms with Crippen LogP contribution in [-0.4, -0.2) is 5.91 Å². The summed E-state index contributed by atoms with van der Waals surface area (Å²) in [5.41, 5.74) is 0.366. The largest absolute Gasteiger partial charge is 0.416 e. The minimum atomic E-state index is -4.54. The van der Waals surface area contributed by atoms with Gasteiger partial charge >= 0.3 is 6.18 Å². The molecule has 144 valence electrons. The van der Waals surface area contributed by atoms with Gasteiger partial charge in [-0.3, -0.25) is 4.79 Å². The van der Waals surface area contributed by atoms with Gasteiger partial charge in [-0.1, -0.05) is 60.1 Å². The zero-order valence-corrected chi connectivity index (χ0v) is 15.3. The fourth-order valence-electron chi connectivity index (χ4n) is 2.65. The molecule has 3 nitrogen and oxygen atoms in total. The van der Waals surface area contributed by atoms with E-state index in [4.69, 9.17) is 11.6 Å². The number of para-hydroxylation sites is 1. The molecule has 0 aromatic heterocycles. The molecular weight excluding hydrogens is 389 g/mol. The summed E-state index contributed by atoms with van der Waals surface area (Å²) in [7, 11) is 0. The van der Waals surface area contributed by atoms with E-state index in [1.807, 2.05) is 24.3 Å². The summed E-state index contributed by atoms with van der Waals surface area (Å²) in [6.45, 7) is 0. The molecule has 0 saturated heterocycles. The van der Waals surface area contributed by atoms with Gasteiger partial charge in [-0.05, 0) is 35.9 Å². The molecule has 7 heteroatoms. The Kier molecular flexibility index (Phi) is 5.90. The SMILES string of the molecule is O=C(Nc1cc(C(F)(F)F)ccc1Cl)[C@H](Nc1ccccc1)c1ccccc1. The summed E-state index contributed by atoms with van der Waals surface area (Å²) < 4.78 is 38.9. The van der Waals surface area contributed by atoms with E-state index in [0.29, 0.717) is 11.3 Å². The van der Waals surface area contributed by atoms with Crippen molar-refractivity contribution >= 4 is 28.9 Å². The average molecular weight is 405 g/mol. The Balaban J connectivity index is 1.90. The van der Waals surface area contributed by atoms with E-state index < -0.39 is 23.7 Å². The molecule has 3 aromatic carbocycles. The van der Waals surface area contributed by atoms with Gasteiger partial charge in [0.05, 0.1) is 16.3 Å². The molecule has 0 fully saturated rings. The Morgan fingerprint density at radius 2 is 1.50 bits per heavy atom. The van der Waals surface area contributed by atoms with Crippen LogP contribution in [0.4, 0.5) is 24.5 Å². The fourth-order valence-corrected chi connectivity index (χ4v) is 2.81. The maximum atomic E-state index is 13.0. The van der Waals surface area contributed by atoms with Gasteiger partial charge in [-0.25, -0.2) is 0 Å². The minimum Gasteiger partial charge on any atom is -0.370 e. The van der Waals surface area contributed by atoms with Crippen molar-refractivity contribution in [1.82, 2.24) is 0 Å². The molecule has 0 aliphatic heterocycles. The van der Waals surface area contributed by atoms with Gasteiger partial charge in [0.2, 0.25) is 0 Å². The molecule has 0 heterocycles. The molecule has 0 unspecified atom stereocenters. The normalized spacial score (nSPS) is 12.3. The van der Waals surface area contributed by atoms with Gasteiger partial charge in [-0.2, -0.15) is 13.2 Å². The van der Waals surface area contributed by atoms with Crippen LogP contribution in [0.15, 0.2) is 78.9 Å². The van der Waals surface area contributed by atoms with E-state index >= 15 is 0 Å².